The Bertz CT molecular complexity index is 763. The third kappa shape index (κ3) is 26.1. The van der Waals surface area contributed by atoms with Gasteiger partial charge < -0.3 is 68.0 Å². The molecule has 5 N–H and O–H groups in total. The summed E-state index contributed by atoms with van der Waals surface area (Å²) in [6.07, 6.45) is 0. The Labute approximate surface area is 267 Å². The number of nitrogens with one attached hydrogen (secondary N) is 3. The zero-order valence-corrected chi connectivity index (χ0v) is 28.8. The number of halogens is 1. The van der Waals surface area contributed by atoms with Crippen LogP contribution in [0.5, 0.6) is 0 Å². The monoisotopic (exact) mass is 789 g/mol. The van der Waals surface area contributed by atoms with E-state index in [9.17, 15) is 42.3 Å². The van der Waals surface area contributed by atoms with E-state index >= 15 is 0 Å². The van der Waals surface area contributed by atoms with Crippen LogP contribution in [0, 0.1) is 17.8 Å². The summed E-state index contributed by atoms with van der Waals surface area (Å²) in [5.74, 6) is -3.45. The largest absolute Gasteiger partial charge is 0.756 e. The molecule has 6 atom stereocenters. The molecule has 0 saturated heterocycles. The molecular formula is C12H26FN3O16P4Y2-6. The Kier molecular flexibility index (Phi) is 26.0. The molecule has 0 fully saturated rings. The van der Waals surface area contributed by atoms with Crippen LogP contribution in [-0.4, -0.2) is 69.1 Å². The predicted octanol–water partition coefficient (Wildman–Crippen LogP) is -1.63. The molecule has 6 unspecified atom stereocenters. The molecule has 2 radical (unpaired) electrons. The van der Waals surface area contributed by atoms with E-state index in [1.807, 2.05) is 0 Å². The second-order valence-corrected chi connectivity index (χ2v) is 12.2. The predicted molar refractivity (Wildman–Crippen MR) is 109 cm³/mol. The van der Waals surface area contributed by atoms with Crippen molar-refractivity contribution < 1.29 is 145 Å². The summed E-state index contributed by atoms with van der Waals surface area (Å²) < 4.78 is 83.3. The van der Waals surface area contributed by atoms with Crippen molar-refractivity contribution in [2.75, 3.05) is 59.3 Å². The van der Waals surface area contributed by atoms with Gasteiger partial charge in [-0.3, -0.25) is 18.3 Å². The van der Waals surface area contributed by atoms with Crippen molar-refractivity contribution in [1.29, 1.82) is 0 Å². The van der Waals surface area contributed by atoms with Crippen molar-refractivity contribution in [2.24, 2.45) is 17.8 Å². The summed E-state index contributed by atoms with van der Waals surface area (Å²) in [7, 11) is -20.4. The van der Waals surface area contributed by atoms with Crippen LogP contribution in [0.1, 0.15) is 0 Å². The molecule has 0 heterocycles. The van der Waals surface area contributed by atoms with E-state index in [1.165, 1.54) is 0 Å². The van der Waals surface area contributed by atoms with Gasteiger partial charge in [0.2, 0.25) is 0 Å². The van der Waals surface area contributed by atoms with Crippen molar-refractivity contribution in [3.8, 4) is 0 Å². The van der Waals surface area contributed by atoms with Gasteiger partial charge in [-0.05, 0) is 11.8 Å². The van der Waals surface area contributed by atoms with E-state index < -0.39 is 108 Å². The standard InChI is InChI=1S/C12H30FN3O16P4.2Y/c13-16-3-12(8-31-35(23,24)29-6-10(1-14)4-27-33(17,18)19)9-32-36(25,26)30-7-11(2-15)5-28-34(20,21)22;;/h10-12,14-16H,1-9H2,(H,23,24)(H,25,26)(H2,17,18,19)(H2,20,21,22);;/q-2;;/p-4. The molecule has 0 rings (SSSR count). The molecule has 0 aliphatic rings. The van der Waals surface area contributed by atoms with E-state index in [0.717, 1.165) is 5.54 Å². The Morgan fingerprint density at radius 2 is 0.895 bits per heavy atom. The fraction of sp³-hybridized carbons (Fsp3) is 1.00. The fourth-order valence-electron chi connectivity index (χ4n) is 1.87. The van der Waals surface area contributed by atoms with Crippen LogP contribution in [0.15, 0.2) is 0 Å². The molecule has 0 aromatic heterocycles. The Hall–Kier alpha value is 2.46. The summed E-state index contributed by atoms with van der Waals surface area (Å²) in [5, 5.41) is 0. The summed E-state index contributed by atoms with van der Waals surface area (Å²) in [6.45, 7) is -6.53. The second-order valence-electron chi connectivity index (χ2n) is 6.95. The van der Waals surface area contributed by atoms with Gasteiger partial charge in [0.15, 0.2) is 0 Å². The third-order valence-electron chi connectivity index (χ3n) is 3.76. The van der Waals surface area contributed by atoms with Crippen molar-refractivity contribution in [3.63, 3.8) is 0 Å². The Morgan fingerprint density at radius 3 is 1.13 bits per heavy atom. The van der Waals surface area contributed by atoms with Gasteiger partial charge in [-0.25, -0.2) is 0 Å². The molecule has 38 heavy (non-hydrogen) atoms. The number of phosphoric ester groups is 4. The van der Waals surface area contributed by atoms with Crippen LogP contribution < -0.4 is 25.1 Å². The van der Waals surface area contributed by atoms with Crippen LogP contribution in [-0.2, 0) is 111 Å². The Morgan fingerprint density at radius 1 is 0.632 bits per heavy atom. The SMILES string of the molecule is [NH-]CC(COP(=O)([O-])O)COP(=O)([O-])OCC(CNF)COP(=O)([O-])OCC(C[NH-])COP(=O)([O-])O.[Y].[Y]. The van der Waals surface area contributed by atoms with Crippen molar-refractivity contribution in [3.05, 3.63) is 11.5 Å². The number of hydrogen-bond acceptors (Lipinski definition) is 15. The summed E-state index contributed by atoms with van der Waals surface area (Å²) in [5.41, 5.74) is 15.5. The summed E-state index contributed by atoms with van der Waals surface area (Å²) >= 11 is 0. The van der Waals surface area contributed by atoms with E-state index in [2.05, 4.69) is 27.1 Å². The topological polar surface area (TPSA) is 316 Å². The van der Waals surface area contributed by atoms with Gasteiger partial charge in [-0.15, -0.1) is 17.6 Å². The van der Waals surface area contributed by atoms with Gasteiger partial charge in [0.25, 0.3) is 31.3 Å². The summed E-state index contributed by atoms with van der Waals surface area (Å²) in [6, 6.07) is 0. The maximum Gasteiger partial charge on any atom is 0.267 e. The average molecular weight is 789 g/mol. The number of phosphoric acid groups is 4. The van der Waals surface area contributed by atoms with Crippen molar-refractivity contribution in [1.82, 2.24) is 5.54 Å². The van der Waals surface area contributed by atoms with Crippen LogP contribution in [0.25, 0.3) is 11.5 Å². The maximum atomic E-state index is 12.5. The Balaban J connectivity index is -0.00000612. The second kappa shape index (κ2) is 22.0. The maximum absolute atomic E-state index is 12.5. The minimum atomic E-state index is -5.11. The minimum Gasteiger partial charge on any atom is -0.756 e. The van der Waals surface area contributed by atoms with E-state index in [1.54, 1.807) is 0 Å². The van der Waals surface area contributed by atoms with Gasteiger partial charge in [0.05, 0.1) is 39.6 Å². The van der Waals surface area contributed by atoms with Gasteiger partial charge in [0.1, 0.15) is 0 Å². The van der Waals surface area contributed by atoms with Crippen LogP contribution in [0.2, 0.25) is 0 Å². The molecule has 26 heteroatoms. The van der Waals surface area contributed by atoms with Crippen LogP contribution in [0.4, 0.5) is 4.48 Å². The molecule has 19 nitrogen and oxygen atoms in total. The van der Waals surface area contributed by atoms with Crippen molar-refractivity contribution in [2.45, 2.75) is 0 Å². The first-order chi connectivity index (χ1) is 16.4. The quantitative estimate of drug-likeness (QED) is 0.0818. The smallest absolute Gasteiger partial charge is 0.267 e. The van der Waals surface area contributed by atoms with Gasteiger partial charge in [0, 0.05) is 77.9 Å². The van der Waals surface area contributed by atoms with Crippen LogP contribution in [0.3, 0.4) is 0 Å². The van der Waals surface area contributed by atoms with Crippen LogP contribution >= 0.6 is 31.3 Å². The zero-order chi connectivity index (χ0) is 28.0. The van der Waals surface area contributed by atoms with Gasteiger partial charge in [-0.1, -0.05) is 0 Å². The molecule has 0 aromatic carbocycles. The molecule has 0 saturated carbocycles. The first kappa shape index (κ1) is 44.9. The fourth-order valence-corrected chi connectivity index (χ4v) is 4.39. The summed E-state index contributed by atoms with van der Waals surface area (Å²) in [4.78, 5) is 61.8. The normalized spacial score (nSPS) is 20.3. The van der Waals surface area contributed by atoms with E-state index in [-0.39, 0.29) is 65.4 Å². The molecule has 0 aromatic rings. The number of hydrogen-bond donors (Lipinski definition) is 3. The first-order valence-electron chi connectivity index (χ1n) is 9.61. The van der Waals surface area contributed by atoms with Gasteiger partial charge in [-0.2, -0.15) is 5.54 Å². The number of rotatable bonds is 22. The molecule has 0 bridgehead atoms. The van der Waals surface area contributed by atoms with E-state index in [0.29, 0.717) is 0 Å². The van der Waals surface area contributed by atoms with E-state index in [4.69, 9.17) is 21.3 Å². The molecule has 0 amide bonds. The first-order valence-corrected chi connectivity index (χ1v) is 15.5. The minimum absolute atomic E-state index is 0. The van der Waals surface area contributed by atoms with Gasteiger partial charge >= 0.3 is 0 Å². The molecule has 0 aliphatic heterocycles. The molecule has 224 valence electrons. The average Bonchev–Trinajstić information content (AvgIpc) is 2.74. The van der Waals surface area contributed by atoms with Crippen molar-refractivity contribution >= 4 is 31.3 Å². The zero-order valence-electron chi connectivity index (χ0n) is 19.5. The third-order valence-corrected chi connectivity index (χ3v) is 6.58. The molecule has 0 aliphatic carbocycles. The molecule has 0 spiro atoms. The molecular weight excluding hydrogens is 763 g/mol.